The maximum atomic E-state index is 10.9. The fourth-order valence-corrected chi connectivity index (χ4v) is 1.36. The summed E-state index contributed by atoms with van der Waals surface area (Å²) in [7, 11) is 0. The number of benzene rings is 1. The van der Waals surface area contributed by atoms with Crippen molar-refractivity contribution in [1.29, 1.82) is 0 Å². The number of hydrogen-bond acceptors (Lipinski definition) is 5. The first-order chi connectivity index (χ1) is 8.27. The number of rotatable bonds is 5. The van der Waals surface area contributed by atoms with E-state index in [1.807, 2.05) is 0 Å². The first kappa shape index (κ1) is 14.1. The van der Waals surface area contributed by atoms with Crippen molar-refractivity contribution in [3.63, 3.8) is 0 Å². The lowest BCUT2D eigenvalue weighted by Crippen LogP contribution is -2.37. The van der Waals surface area contributed by atoms with Crippen LogP contribution in [-0.2, 0) is 11.2 Å². The molecule has 1 aromatic carbocycles. The largest absolute Gasteiger partial charge is 0.508 e. The van der Waals surface area contributed by atoms with Gasteiger partial charge in [-0.15, -0.1) is 0 Å². The van der Waals surface area contributed by atoms with Crippen molar-refractivity contribution < 1.29 is 24.9 Å². The second kappa shape index (κ2) is 5.14. The summed E-state index contributed by atoms with van der Waals surface area (Å²) in [4.78, 5) is 10.9. The number of nitrogens with two attached hydrogens (primary N) is 1. The quantitative estimate of drug-likeness (QED) is 0.580. The predicted octanol–water partition coefficient (Wildman–Crippen LogP) is 0.841. The lowest BCUT2D eigenvalue weighted by molar-refractivity contribution is -0.152. The van der Waals surface area contributed by atoms with Crippen LogP contribution in [0, 0.1) is 0 Å². The van der Waals surface area contributed by atoms with Gasteiger partial charge < -0.3 is 25.8 Å². The van der Waals surface area contributed by atoms with Crippen LogP contribution < -0.4 is 10.5 Å². The molecule has 0 fully saturated rings. The molecule has 0 saturated carbocycles. The highest BCUT2D eigenvalue weighted by molar-refractivity contribution is 5.77. The summed E-state index contributed by atoms with van der Waals surface area (Å²) >= 11 is 0. The number of carboxylic acids is 1. The molecule has 1 aromatic rings. The van der Waals surface area contributed by atoms with Crippen molar-refractivity contribution in [2.75, 3.05) is 6.54 Å². The summed E-state index contributed by atoms with van der Waals surface area (Å²) < 4.78 is 5.17. The minimum Gasteiger partial charge on any atom is -0.508 e. The zero-order chi connectivity index (χ0) is 13.9. The Morgan fingerprint density at radius 1 is 1.33 bits per heavy atom. The van der Waals surface area contributed by atoms with Crippen molar-refractivity contribution >= 4 is 5.97 Å². The Bertz CT molecular complexity index is 456. The number of phenols is 2. The van der Waals surface area contributed by atoms with E-state index in [-0.39, 0.29) is 17.2 Å². The Kier molecular flexibility index (Phi) is 4.03. The molecule has 0 aliphatic rings. The van der Waals surface area contributed by atoms with Gasteiger partial charge in [-0.3, -0.25) is 0 Å². The van der Waals surface area contributed by atoms with E-state index in [2.05, 4.69) is 0 Å². The molecular formula is C12H17NO5. The average Bonchev–Trinajstić information content (AvgIpc) is 2.25. The number of aliphatic carboxylic acids is 1. The van der Waals surface area contributed by atoms with Crippen molar-refractivity contribution in [3.05, 3.63) is 17.7 Å². The first-order valence-corrected chi connectivity index (χ1v) is 5.45. The van der Waals surface area contributed by atoms with Gasteiger partial charge in [-0.05, 0) is 38.4 Å². The molecule has 5 N–H and O–H groups in total. The van der Waals surface area contributed by atoms with Gasteiger partial charge in [0.25, 0.3) is 0 Å². The molecule has 0 unspecified atom stereocenters. The Hall–Kier alpha value is -1.95. The Labute approximate surface area is 105 Å². The van der Waals surface area contributed by atoms with Crippen LogP contribution in [0.25, 0.3) is 0 Å². The fraction of sp³-hybridized carbons (Fsp3) is 0.417. The van der Waals surface area contributed by atoms with Crippen molar-refractivity contribution in [2.24, 2.45) is 5.73 Å². The number of aromatic hydroxyl groups is 2. The number of phenolic OH excluding ortho intramolecular Hbond substituents is 2. The molecule has 0 bridgehead atoms. The van der Waals surface area contributed by atoms with E-state index in [1.165, 1.54) is 26.0 Å². The van der Waals surface area contributed by atoms with E-state index in [4.69, 9.17) is 15.6 Å². The topological polar surface area (TPSA) is 113 Å². The van der Waals surface area contributed by atoms with Crippen LogP contribution in [-0.4, -0.2) is 33.4 Å². The highest BCUT2D eigenvalue weighted by atomic mass is 16.5. The number of carboxylic acid groups (broad SMARTS) is 1. The summed E-state index contributed by atoms with van der Waals surface area (Å²) in [6.45, 7) is 3.02. The minimum absolute atomic E-state index is 0.0827. The SMILES string of the molecule is CC(C)(Oc1cc(O)c(CCN)cc1O)C(=O)O. The molecular weight excluding hydrogens is 238 g/mol. The van der Waals surface area contributed by atoms with Crippen molar-refractivity contribution in [2.45, 2.75) is 25.9 Å². The van der Waals surface area contributed by atoms with Crippen molar-refractivity contribution in [1.82, 2.24) is 0 Å². The molecule has 1 rings (SSSR count). The third kappa shape index (κ3) is 3.04. The standard InChI is InChI=1S/C12H17NO5/c1-12(2,11(16)17)18-10-6-8(14)7(3-4-13)5-9(10)15/h5-6,14-15H,3-4,13H2,1-2H3,(H,16,17). The maximum absolute atomic E-state index is 10.9. The molecule has 0 amide bonds. The van der Waals surface area contributed by atoms with Gasteiger partial charge in [-0.1, -0.05) is 0 Å². The van der Waals surface area contributed by atoms with E-state index in [9.17, 15) is 15.0 Å². The van der Waals surface area contributed by atoms with Crippen LogP contribution in [0.3, 0.4) is 0 Å². The van der Waals surface area contributed by atoms with Gasteiger partial charge in [0, 0.05) is 6.07 Å². The zero-order valence-corrected chi connectivity index (χ0v) is 10.3. The molecule has 0 heterocycles. The van der Waals surface area contributed by atoms with E-state index in [0.29, 0.717) is 18.5 Å². The third-order valence-corrected chi connectivity index (χ3v) is 2.45. The van der Waals surface area contributed by atoms with E-state index in [0.717, 1.165) is 0 Å². The summed E-state index contributed by atoms with van der Waals surface area (Å²) in [6.07, 6.45) is 0.405. The maximum Gasteiger partial charge on any atom is 0.347 e. The second-order valence-electron chi connectivity index (χ2n) is 4.40. The van der Waals surface area contributed by atoms with Gasteiger partial charge in [-0.25, -0.2) is 4.79 Å². The molecule has 6 nitrogen and oxygen atoms in total. The van der Waals surface area contributed by atoms with Crippen LogP contribution in [0.15, 0.2) is 12.1 Å². The lowest BCUT2D eigenvalue weighted by atomic mass is 10.1. The normalized spacial score (nSPS) is 11.3. The first-order valence-electron chi connectivity index (χ1n) is 5.45. The summed E-state index contributed by atoms with van der Waals surface area (Å²) in [5.74, 6) is -1.58. The van der Waals surface area contributed by atoms with Gasteiger partial charge >= 0.3 is 5.97 Å². The van der Waals surface area contributed by atoms with Crippen LogP contribution in [0.5, 0.6) is 17.2 Å². The fourth-order valence-electron chi connectivity index (χ4n) is 1.36. The number of ether oxygens (including phenoxy) is 1. The van der Waals surface area contributed by atoms with Gasteiger partial charge in [0.15, 0.2) is 17.1 Å². The predicted molar refractivity (Wildman–Crippen MR) is 64.9 cm³/mol. The molecule has 18 heavy (non-hydrogen) atoms. The van der Waals surface area contributed by atoms with Crippen LogP contribution in [0.4, 0.5) is 0 Å². The van der Waals surface area contributed by atoms with Crippen LogP contribution in [0.2, 0.25) is 0 Å². The molecule has 6 heteroatoms. The molecule has 0 atom stereocenters. The molecule has 100 valence electrons. The van der Waals surface area contributed by atoms with Gasteiger partial charge in [0.1, 0.15) is 5.75 Å². The lowest BCUT2D eigenvalue weighted by Gasteiger charge is -2.22. The van der Waals surface area contributed by atoms with Gasteiger partial charge in [0.05, 0.1) is 0 Å². The average molecular weight is 255 g/mol. The third-order valence-electron chi connectivity index (χ3n) is 2.45. The monoisotopic (exact) mass is 255 g/mol. The van der Waals surface area contributed by atoms with Crippen molar-refractivity contribution in [3.8, 4) is 17.2 Å². The highest BCUT2D eigenvalue weighted by Gasteiger charge is 2.30. The molecule has 0 radical (unpaired) electrons. The van der Waals surface area contributed by atoms with E-state index in [1.54, 1.807) is 0 Å². The Morgan fingerprint density at radius 3 is 2.44 bits per heavy atom. The Balaban J connectivity index is 3.05. The van der Waals surface area contributed by atoms with E-state index >= 15 is 0 Å². The van der Waals surface area contributed by atoms with Gasteiger partial charge in [0.2, 0.25) is 0 Å². The molecule has 0 aliphatic carbocycles. The number of carbonyl (C=O) groups is 1. The minimum atomic E-state index is -1.50. The van der Waals surface area contributed by atoms with Crippen LogP contribution >= 0.6 is 0 Å². The highest BCUT2D eigenvalue weighted by Crippen LogP contribution is 2.35. The molecule has 0 saturated heterocycles. The molecule has 0 spiro atoms. The van der Waals surface area contributed by atoms with Crippen LogP contribution in [0.1, 0.15) is 19.4 Å². The van der Waals surface area contributed by atoms with E-state index < -0.39 is 11.6 Å². The summed E-state index contributed by atoms with van der Waals surface area (Å²) in [6, 6.07) is 2.50. The summed E-state index contributed by atoms with van der Waals surface area (Å²) in [5, 5.41) is 28.3. The number of hydrogen-bond donors (Lipinski definition) is 4. The van der Waals surface area contributed by atoms with Gasteiger partial charge in [-0.2, -0.15) is 0 Å². The zero-order valence-electron chi connectivity index (χ0n) is 10.3. The molecule has 0 aliphatic heterocycles. The summed E-state index contributed by atoms with van der Waals surface area (Å²) in [5.41, 5.74) is 4.34. The smallest absolute Gasteiger partial charge is 0.347 e. The second-order valence-corrected chi connectivity index (χ2v) is 4.40. The Morgan fingerprint density at radius 2 is 1.94 bits per heavy atom. The molecule has 0 aromatic heterocycles.